The normalized spacial score (nSPS) is 14.3. The lowest BCUT2D eigenvalue weighted by atomic mass is 10.1. The van der Waals surface area contributed by atoms with Gasteiger partial charge in [-0.25, -0.2) is 8.42 Å². The van der Waals surface area contributed by atoms with E-state index in [-0.39, 0.29) is 23.4 Å². The second-order valence-corrected chi connectivity index (χ2v) is 12.6. The molecule has 0 heterocycles. The highest BCUT2D eigenvalue weighted by molar-refractivity contribution is 7.92. The molecule has 0 saturated heterocycles. The van der Waals surface area contributed by atoms with E-state index in [0.29, 0.717) is 11.4 Å². The molecule has 3 aromatic carbocycles. The van der Waals surface area contributed by atoms with Crippen LogP contribution < -0.4 is 14.4 Å². The third-order valence-electron chi connectivity index (χ3n) is 7.59. The maximum Gasteiger partial charge on any atom is 0.264 e. The molecule has 1 N–H and O–H groups in total. The Morgan fingerprint density at radius 2 is 1.46 bits per heavy atom. The molecule has 3 aromatic rings. The Bertz CT molecular complexity index is 1430. The fourth-order valence-electron chi connectivity index (χ4n) is 4.98. The van der Waals surface area contributed by atoms with Crippen LogP contribution in [0, 0.1) is 13.8 Å². The molecule has 1 atom stereocenters. The van der Waals surface area contributed by atoms with Gasteiger partial charge < -0.3 is 15.0 Å². The Kier molecular flexibility index (Phi) is 9.70. The highest BCUT2D eigenvalue weighted by Gasteiger charge is 2.33. The van der Waals surface area contributed by atoms with Crippen molar-refractivity contribution in [1.29, 1.82) is 0 Å². The predicted molar refractivity (Wildman–Crippen MR) is 160 cm³/mol. The highest BCUT2D eigenvalue weighted by Crippen LogP contribution is 2.26. The van der Waals surface area contributed by atoms with Crippen LogP contribution in [0.15, 0.2) is 77.7 Å². The Morgan fingerprint density at radius 1 is 0.902 bits per heavy atom. The topological polar surface area (TPSA) is 96.0 Å². The van der Waals surface area contributed by atoms with Crippen molar-refractivity contribution in [3.05, 3.63) is 89.5 Å². The summed E-state index contributed by atoms with van der Waals surface area (Å²) in [5.41, 5.74) is 3.06. The van der Waals surface area contributed by atoms with Gasteiger partial charge in [-0.2, -0.15) is 0 Å². The zero-order valence-corrected chi connectivity index (χ0v) is 25.0. The van der Waals surface area contributed by atoms with Crippen molar-refractivity contribution in [1.82, 2.24) is 10.2 Å². The van der Waals surface area contributed by atoms with Crippen LogP contribution in [0.5, 0.6) is 5.75 Å². The van der Waals surface area contributed by atoms with Gasteiger partial charge in [0.2, 0.25) is 11.8 Å². The number of carbonyl (C=O) groups is 2. The molecular weight excluding hydrogens is 538 g/mol. The first-order valence-electron chi connectivity index (χ1n) is 14.0. The summed E-state index contributed by atoms with van der Waals surface area (Å²) in [5, 5.41) is 3.09. The summed E-state index contributed by atoms with van der Waals surface area (Å²) >= 11 is 0. The van der Waals surface area contributed by atoms with Crippen LogP contribution in [0.1, 0.15) is 49.3 Å². The molecule has 8 nitrogen and oxygen atoms in total. The van der Waals surface area contributed by atoms with Gasteiger partial charge in [0.25, 0.3) is 10.0 Å². The zero-order chi connectivity index (χ0) is 29.6. The summed E-state index contributed by atoms with van der Waals surface area (Å²) in [6, 6.07) is 20.1. The molecule has 1 fully saturated rings. The lowest BCUT2D eigenvalue weighted by Gasteiger charge is -2.32. The number of ether oxygens (including phenoxy) is 1. The number of nitrogens with one attached hydrogen (secondary N) is 1. The second kappa shape index (κ2) is 13.2. The first kappa shape index (κ1) is 30.1. The van der Waals surface area contributed by atoms with E-state index in [2.05, 4.69) is 5.32 Å². The Morgan fingerprint density at radius 3 is 2.02 bits per heavy atom. The number of hydrogen-bond acceptors (Lipinski definition) is 5. The number of nitrogens with zero attached hydrogens (tertiary/aromatic N) is 2. The summed E-state index contributed by atoms with van der Waals surface area (Å²) in [6.07, 6.45) is 3.97. The number of benzene rings is 3. The van der Waals surface area contributed by atoms with Crippen LogP contribution in [-0.4, -0.2) is 50.9 Å². The molecule has 0 aliphatic heterocycles. The largest absolute Gasteiger partial charge is 0.497 e. The molecule has 0 bridgehead atoms. The number of carbonyl (C=O) groups excluding carboxylic acids is 2. The molecular formula is C32H39N3O5S. The molecule has 0 aromatic heterocycles. The van der Waals surface area contributed by atoms with E-state index in [1.54, 1.807) is 62.6 Å². The third-order valence-corrected chi connectivity index (χ3v) is 9.38. The smallest absolute Gasteiger partial charge is 0.264 e. The standard InChI is InChI=1S/C32H39N3O5S/c1-23-9-15-28(16-10-23)35(41(38,39)30-19-11-24(2)12-20-30)22-31(36)34(21-26-13-17-29(40-4)18-14-26)25(3)32(37)33-27-7-5-6-8-27/h9-20,25,27H,5-8,21-22H2,1-4H3,(H,33,37)/t25-/m1/s1. The average Bonchev–Trinajstić information content (AvgIpc) is 3.48. The first-order valence-corrected chi connectivity index (χ1v) is 15.4. The van der Waals surface area contributed by atoms with Crippen molar-refractivity contribution in [2.45, 2.75) is 70.0 Å². The van der Waals surface area contributed by atoms with Crippen molar-refractivity contribution in [2.24, 2.45) is 0 Å². The molecule has 0 radical (unpaired) electrons. The van der Waals surface area contributed by atoms with E-state index < -0.39 is 28.5 Å². The van der Waals surface area contributed by atoms with Crippen molar-refractivity contribution >= 4 is 27.5 Å². The molecule has 41 heavy (non-hydrogen) atoms. The lowest BCUT2D eigenvalue weighted by Crippen LogP contribution is -2.52. The monoisotopic (exact) mass is 577 g/mol. The maximum absolute atomic E-state index is 14.1. The Hall–Kier alpha value is -3.85. The van der Waals surface area contributed by atoms with E-state index in [4.69, 9.17) is 4.74 Å². The van der Waals surface area contributed by atoms with Crippen LogP contribution in [0.3, 0.4) is 0 Å². The van der Waals surface area contributed by atoms with Crippen LogP contribution in [0.2, 0.25) is 0 Å². The molecule has 2 amide bonds. The van der Waals surface area contributed by atoms with Crippen molar-refractivity contribution < 1.29 is 22.7 Å². The van der Waals surface area contributed by atoms with Gasteiger partial charge in [-0.1, -0.05) is 60.4 Å². The van der Waals surface area contributed by atoms with Crippen LogP contribution in [-0.2, 0) is 26.2 Å². The Labute approximate surface area is 243 Å². The van der Waals surface area contributed by atoms with Crippen LogP contribution in [0.4, 0.5) is 5.69 Å². The number of methoxy groups -OCH3 is 1. The van der Waals surface area contributed by atoms with Gasteiger partial charge >= 0.3 is 0 Å². The summed E-state index contributed by atoms with van der Waals surface area (Å²) in [4.78, 5) is 28.9. The predicted octanol–water partition coefficient (Wildman–Crippen LogP) is 4.98. The van der Waals surface area contributed by atoms with E-state index in [1.807, 2.05) is 38.1 Å². The number of sulfonamides is 1. The van der Waals surface area contributed by atoms with Crippen LogP contribution in [0.25, 0.3) is 0 Å². The summed E-state index contributed by atoms with van der Waals surface area (Å²) in [5.74, 6) is -0.0541. The van der Waals surface area contributed by atoms with Crippen molar-refractivity contribution in [3.8, 4) is 5.75 Å². The second-order valence-electron chi connectivity index (χ2n) is 10.7. The number of hydrogen-bond donors (Lipinski definition) is 1. The van der Waals surface area contributed by atoms with Gasteiger partial charge in [0.05, 0.1) is 17.7 Å². The van der Waals surface area contributed by atoms with Gasteiger partial charge in [-0.3, -0.25) is 13.9 Å². The molecule has 1 aliphatic carbocycles. The van der Waals surface area contributed by atoms with E-state index in [1.165, 1.54) is 4.90 Å². The number of amides is 2. The summed E-state index contributed by atoms with van der Waals surface area (Å²) in [6.45, 7) is 5.16. The van der Waals surface area contributed by atoms with Crippen molar-refractivity contribution in [3.63, 3.8) is 0 Å². The summed E-state index contributed by atoms with van der Waals surface area (Å²) in [7, 11) is -2.51. The highest BCUT2D eigenvalue weighted by atomic mass is 32.2. The van der Waals surface area contributed by atoms with Gasteiger partial charge in [-0.05, 0) is 75.6 Å². The fraction of sp³-hybridized carbons (Fsp3) is 0.375. The van der Waals surface area contributed by atoms with Crippen molar-refractivity contribution in [2.75, 3.05) is 18.0 Å². The van der Waals surface area contributed by atoms with Crippen LogP contribution >= 0.6 is 0 Å². The fourth-order valence-corrected chi connectivity index (χ4v) is 6.39. The van der Waals surface area contributed by atoms with Gasteiger partial charge in [0.1, 0.15) is 18.3 Å². The molecule has 1 aliphatic rings. The number of aryl methyl sites for hydroxylation is 2. The van der Waals surface area contributed by atoms with Gasteiger partial charge in [0, 0.05) is 12.6 Å². The molecule has 0 spiro atoms. The minimum Gasteiger partial charge on any atom is -0.497 e. The number of anilines is 1. The van der Waals surface area contributed by atoms with E-state index in [9.17, 15) is 18.0 Å². The first-order chi connectivity index (χ1) is 19.6. The lowest BCUT2D eigenvalue weighted by molar-refractivity contribution is -0.139. The van der Waals surface area contributed by atoms with E-state index in [0.717, 1.165) is 46.7 Å². The molecule has 4 rings (SSSR count). The van der Waals surface area contributed by atoms with E-state index >= 15 is 0 Å². The zero-order valence-electron chi connectivity index (χ0n) is 24.2. The molecule has 218 valence electrons. The summed E-state index contributed by atoms with van der Waals surface area (Å²) < 4.78 is 34.2. The molecule has 1 saturated carbocycles. The Balaban J connectivity index is 1.67. The number of rotatable bonds is 11. The molecule has 9 heteroatoms. The van der Waals surface area contributed by atoms with Gasteiger partial charge in [0.15, 0.2) is 0 Å². The van der Waals surface area contributed by atoms with Gasteiger partial charge in [-0.15, -0.1) is 0 Å². The molecule has 0 unspecified atom stereocenters. The minimum atomic E-state index is -4.09. The SMILES string of the molecule is COc1ccc(CN(C(=O)CN(c2ccc(C)cc2)S(=O)(=O)c2ccc(C)cc2)[C@H](C)C(=O)NC2CCCC2)cc1. The third kappa shape index (κ3) is 7.47. The quantitative estimate of drug-likeness (QED) is 0.347. The maximum atomic E-state index is 14.1. The average molecular weight is 578 g/mol. The minimum absolute atomic E-state index is 0.0882.